The van der Waals surface area contributed by atoms with Crippen molar-refractivity contribution in [2.75, 3.05) is 26.2 Å². The second kappa shape index (κ2) is 8.42. The largest absolute Gasteiger partial charge is 0.465 e. The highest BCUT2D eigenvalue weighted by Gasteiger charge is 2.09. The SMILES string of the molecule is C=CCN(CCc1ccncc1)CC(=O)OCC. The lowest BCUT2D eigenvalue weighted by atomic mass is 10.2. The van der Waals surface area contributed by atoms with E-state index in [1.807, 2.05) is 24.0 Å². The minimum Gasteiger partial charge on any atom is -0.465 e. The molecular weight excluding hydrogens is 228 g/mol. The molecule has 0 aromatic carbocycles. The maximum Gasteiger partial charge on any atom is 0.320 e. The van der Waals surface area contributed by atoms with Crippen LogP contribution >= 0.6 is 0 Å². The van der Waals surface area contributed by atoms with Gasteiger partial charge < -0.3 is 4.74 Å². The van der Waals surface area contributed by atoms with Crippen molar-refractivity contribution in [3.05, 3.63) is 42.7 Å². The molecule has 0 saturated carbocycles. The topological polar surface area (TPSA) is 42.4 Å². The fraction of sp³-hybridized carbons (Fsp3) is 0.429. The Bertz CT molecular complexity index is 365. The van der Waals surface area contributed by atoms with Crippen molar-refractivity contribution < 1.29 is 9.53 Å². The molecule has 0 fully saturated rings. The minimum atomic E-state index is -0.186. The van der Waals surface area contributed by atoms with E-state index in [0.717, 1.165) is 13.0 Å². The monoisotopic (exact) mass is 248 g/mol. The van der Waals surface area contributed by atoms with Crippen LogP contribution in [0, 0.1) is 0 Å². The van der Waals surface area contributed by atoms with Gasteiger partial charge in [-0.2, -0.15) is 0 Å². The number of esters is 1. The van der Waals surface area contributed by atoms with Crippen LogP contribution in [0.1, 0.15) is 12.5 Å². The fourth-order valence-corrected chi connectivity index (χ4v) is 1.64. The van der Waals surface area contributed by atoms with Crippen molar-refractivity contribution in [2.24, 2.45) is 0 Å². The van der Waals surface area contributed by atoms with Gasteiger partial charge in [-0.3, -0.25) is 14.7 Å². The van der Waals surface area contributed by atoms with Gasteiger partial charge in [-0.25, -0.2) is 0 Å². The van der Waals surface area contributed by atoms with E-state index in [0.29, 0.717) is 19.7 Å². The number of carbonyl (C=O) groups excluding carboxylic acids is 1. The van der Waals surface area contributed by atoms with E-state index in [2.05, 4.69) is 11.6 Å². The molecule has 0 N–H and O–H groups in total. The van der Waals surface area contributed by atoms with E-state index in [-0.39, 0.29) is 5.97 Å². The molecule has 0 bridgehead atoms. The van der Waals surface area contributed by atoms with Gasteiger partial charge in [0.05, 0.1) is 13.2 Å². The third-order valence-corrected chi connectivity index (χ3v) is 2.51. The van der Waals surface area contributed by atoms with Gasteiger partial charge in [0.15, 0.2) is 0 Å². The second-order valence-corrected chi connectivity index (χ2v) is 3.93. The molecule has 18 heavy (non-hydrogen) atoms. The molecule has 0 aliphatic heterocycles. The van der Waals surface area contributed by atoms with Crippen molar-refractivity contribution in [2.45, 2.75) is 13.3 Å². The first-order valence-corrected chi connectivity index (χ1v) is 6.14. The molecule has 4 nitrogen and oxygen atoms in total. The van der Waals surface area contributed by atoms with Crippen molar-refractivity contribution in [3.8, 4) is 0 Å². The van der Waals surface area contributed by atoms with Crippen LogP contribution in [0.3, 0.4) is 0 Å². The van der Waals surface area contributed by atoms with Crippen LogP contribution in [0.2, 0.25) is 0 Å². The molecule has 98 valence electrons. The standard InChI is InChI=1S/C14H20N2O2/c1-3-10-16(12-14(17)18-4-2)11-7-13-5-8-15-9-6-13/h3,5-6,8-9H,1,4,7,10-12H2,2H3. The summed E-state index contributed by atoms with van der Waals surface area (Å²) in [5.74, 6) is -0.186. The minimum absolute atomic E-state index is 0.186. The average Bonchev–Trinajstić information content (AvgIpc) is 2.38. The first-order chi connectivity index (χ1) is 8.76. The van der Waals surface area contributed by atoms with Crippen LogP contribution in [-0.4, -0.2) is 42.1 Å². The summed E-state index contributed by atoms with van der Waals surface area (Å²) in [5, 5.41) is 0. The van der Waals surface area contributed by atoms with Crippen LogP contribution < -0.4 is 0 Å². The molecule has 0 amide bonds. The van der Waals surface area contributed by atoms with Crippen LogP contribution in [0.5, 0.6) is 0 Å². The molecule has 1 heterocycles. The number of hydrogen-bond donors (Lipinski definition) is 0. The maximum absolute atomic E-state index is 11.4. The van der Waals surface area contributed by atoms with Gasteiger partial charge in [-0.15, -0.1) is 6.58 Å². The summed E-state index contributed by atoms with van der Waals surface area (Å²) in [5.41, 5.74) is 1.21. The number of rotatable bonds is 8. The summed E-state index contributed by atoms with van der Waals surface area (Å²) in [6.07, 6.45) is 6.23. The number of nitrogens with zero attached hydrogens (tertiary/aromatic N) is 2. The van der Waals surface area contributed by atoms with Gasteiger partial charge in [-0.05, 0) is 31.0 Å². The Balaban J connectivity index is 2.42. The summed E-state index contributed by atoms with van der Waals surface area (Å²) < 4.78 is 4.95. The predicted molar refractivity (Wildman–Crippen MR) is 71.2 cm³/mol. The average molecular weight is 248 g/mol. The molecule has 0 aliphatic carbocycles. The van der Waals surface area contributed by atoms with Gasteiger partial charge in [-0.1, -0.05) is 6.08 Å². The number of hydrogen-bond acceptors (Lipinski definition) is 4. The molecule has 0 unspecified atom stereocenters. The van der Waals surface area contributed by atoms with Gasteiger partial charge in [0.1, 0.15) is 0 Å². The number of ether oxygens (including phenoxy) is 1. The smallest absolute Gasteiger partial charge is 0.320 e. The Morgan fingerprint density at radius 1 is 1.50 bits per heavy atom. The number of aromatic nitrogens is 1. The first kappa shape index (κ1) is 14.4. The van der Waals surface area contributed by atoms with Crippen molar-refractivity contribution in [3.63, 3.8) is 0 Å². The molecule has 1 aromatic rings. The molecule has 0 atom stereocenters. The summed E-state index contributed by atoms with van der Waals surface area (Å²) in [6.45, 7) is 7.73. The summed E-state index contributed by atoms with van der Waals surface area (Å²) in [4.78, 5) is 17.4. The Labute approximate surface area is 108 Å². The molecule has 1 aromatic heterocycles. The summed E-state index contributed by atoms with van der Waals surface area (Å²) >= 11 is 0. The third-order valence-electron chi connectivity index (χ3n) is 2.51. The van der Waals surface area contributed by atoms with E-state index >= 15 is 0 Å². The van der Waals surface area contributed by atoms with Gasteiger partial charge in [0.2, 0.25) is 0 Å². The molecule has 0 spiro atoms. The van der Waals surface area contributed by atoms with Gasteiger partial charge >= 0.3 is 5.97 Å². The Morgan fingerprint density at radius 2 is 2.22 bits per heavy atom. The van der Waals surface area contributed by atoms with Gasteiger partial charge in [0, 0.05) is 25.5 Å². The lowest BCUT2D eigenvalue weighted by molar-refractivity contribution is -0.144. The van der Waals surface area contributed by atoms with E-state index in [1.54, 1.807) is 18.5 Å². The third kappa shape index (κ3) is 5.59. The van der Waals surface area contributed by atoms with E-state index in [1.165, 1.54) is 5.56 Å². The van der Waals surface area contributed by atoms with Crippen LogP contribution in [-0.2, 0) is 16.0 Å². The predicted octanol–water partition coefficient (Wildman–Crippen LogP) is 1.68. The van der Waals surface area contributed by atoms with Crippen LogP contribution in [0.25, 0.3) is 0 Å². The van der Waals surface area contributed by atoms with E-state index in [4.69, 9.17) is 4.74 Å². The first-order valence-electron chi connectivity index (χ1n) is 6.14. The van der Waals surface area contributed by atoms with Crippen LogP contribution in [0.4, 0.5) is 0 Å². The zero-order valence-corrected chi connectivity index (χ0v) is 10.8. The summed E-state index contributed by atoms with van der Waals surface area (Å²) in [6, 6.07) is 3.97. The number of carbonyl (C=O) groups is 1. The highest BCUT2D eigenvalue weighted by atomic mass is 16.5. The highest BCUT2D eigenvalue weighted by molar-refractivity contribution is 5.71. The van der Waals surface area contributed by atoms with Crippen molar-refractivity contribution in [1.82, 2.24) is 9.88 Å². The zero-order chi connectivity index (χ0) is 13.2. The Morgan fingerprint density at radius 3 is 2.83 bits per heavy atom. The maximum atomic E-state index is 11.4. The Kier molecular flexibility index (Phi) is 6.72. The van der Waals surface area contributed by atoms with Crippen LogP contribution in [0.15, 0.2) is 37.2 Å². The summed E-state index contributed by atoms with van der Waals surface area (Å²) in [7, 11) is 0. The molecule has 0 radical (unpaired) electrons. The van der Waals surface area contributed by atoms with E-state index in [9.17, 15) is 4.79 Å². The normalized spacial score (nSPS) is 10.3. The second-order valence-electron chi connectivity index (χ2n) is 3.93. The number of pyridine rings is 1. The fourth-order valence-electron chi connectivity index (χ4n) is 1.64. The molecule has 0 aliphatic rings. The lowest BCUT2D eigenvalue weighted by Gasteiger charge is -2.19. The molecule has 1 rings (SSSR count). The quantitative estimate of drug-likeness (QED) is 0.518. The lowest BCUT2D eigenvalue weighted by Crippen LogP contribution is -2.33. The molecular formula is C14H20N2O2. The zero-order valence-electron chi connectivity index (χ0n) is 10.8. The highest BCUT2D eigenvalue weighted by Crippen LogP contribution is 2.00. The Hall–Kier alpha value is -1.68. The van der Waals surface area contributed by atoms with E-state index < -0.39 is 0 Å². The molecule has 4 heteroatoms. The van der Waals surface area contributed by atoms with Crippen molar-refractivity contribution in [1.29, 1.82) is 0 Å². The van der Waals surface area contributed by atoms with Crippen molar-refractivity contribution >= 4 is 5.97 Å². The molecule has 0 saturated heterocycles. The van der Waals surface area contributed by atoms with Gasteiger partial charge in [0.25, 0.3) is 0 Å².